The van der Waals surface area contributed by atoms with Crippen LogP contribution in [0.2, 0.25) is 0 Å². The largest absolute Gasteiger partial charge is 0.378 e. The zero-order valence-corrected chi connectivity index (χ0v) is 14.8. The normalized spacial score (nSPS) is 11.1. The summed E-state index contributed by atoms with van der Waals surface area (Å²) >= 11 is 5.08. The number of thiophene rings is 1. The Balaban J connectivity index is 2.09. The third kappa shape index (κ3) is 4.15. The number of anilines is 1. The SMILES string of the molecule is Cc1ccsc1CNc1cnn(CCN(C)C)c(=O)c1Br. The number of aromatic nitrogens is 2. The molecule has 1 N–H and O–H groups in total. The summed E-state index contributed by atoms with van der Waals surface area (Å²) in [6.07, 6.45) is 1.70. The molecule has 0 fully saturated rings. The van der Waals surface area contributed by atoms with Crippen LogP contribution in [-0.2, 0) is 13.1 Å². The van der Waals surface area contributed by atoms with Gasteiger partial charge in [0.2, 0.25) is 0 Å². The molecule has 0 aliphatic carbocycles. The Hall–Kier alpha value is -1.18. The van der Waals surface area contributed by atoms with E-state index < -0.39 is 0 Å². The van der Waals surface area contributed by atoms with Gasteiger partial charge in [-0.25, -0.2) is 4.68 Å². The molecule has 0 saturated heterocycles. The minimum Gasteiger partial charge on any atom is -0.378 e. The molecule has 2 rings (SSSR count). The number of halogens is 1. The van der Waals surface area contributed by atoms with Crippen molar-refractivity contribution in [1.29, 1.82) is 0 Å². The van der Waals surface area contributed by atoms with E-state index in [9.17, 15) is 4.79 Å². The lowest BCUT2D eigenvalue weighted by atomic mass is 10.3. The van der Waals surface area contributed by atoms with Gasteiger partial charge in [0.05, 0.1) is 18.4 Å². The molecule has 7 heteroatoms. The molecular weight excluding hydrogens is 352 g/mol. The molecule has 2 aromatic heterocycles. The van der Waals surface area contributed by atoms with Gasteiger partial charge in [-0.15, -0.1) is 11.3 Å². The van der Waals surface area contributed by atoms with E-state index in [1.165, 1.54) is 15.1 Å². The maximum Gasteiger partial charge on any atom is 0.283 e. The first-order valence-corrected chi connectivity index (χ1v) is 8.33. The Bertz CT molecular complexity index is 665. The monoisotopic (exact) mass is 370 g/mol. The molecule has 21 heavy (non-hydrogen) atoms. The Labute approximate surface area is 136 Å². The Morgan fingerprint density at radius 1 is 1.48 bits per heavy atom. The third-order valence-corrected chi connectivity index (χ3v) is 4.94. The van der Waals surface area contributed by atoms with Gasteiger partial charge in [0.15, 0.2) is 0 Å². The average molecular weight is 371 g/mol. The maximum atomic E-state index is 12.2. The van der Waals surface area contributed by atoms with Crippen molar-refractivity contribution < 1.29 is 0 Å². The summed E-state index contributed by atoms with van der Waals surface area (Å²) < 4.78 is 2.01. The quantitative estimate of drug-likeness (QED) is 0.848. The molecule has 0 radical (unpaired) electrons. The van der Waals surface area contributed by atoms with Gasteiger partial charge in [-0.2, -0.15) is 5.10 Å². The highest BCUT2D eigenvalue weighted by Gasteiger charge is 2.09. The van der Waals surface area contributed by atoms with E-state index >= 15 is 0 Å². The second kappa shape index (κ2) is 7.20. The van der Waals surface area contributed by atoms with Crippen molar-refractivity contribution in [2.75, 3.05) is 26.0 Å². The van der Waals surface area contributed by atoms with Crippen molar-refractivity contribution in [2.45, 2.75) is 20.0 Å². The van der Waals surface area contributed by atoms with E-state index in [-0.39, 0.29) is 5.56 Å². The minimum absolute atomic E-state index is 0.107. The Kier molecular flexibility index (Phi) is 5.55. The summed E-state index contributed by atoms with van der Waals surface area (Å²) in [5.74, 6) is 0. The molecule has 0 saturated carbocycles. The number of aryl methyl sites for hydroxylation is 1. The summed E-state index contributed by atoms with van der Waals surface area (Å²) in [7, 11) is 3.94. The van der Waals surface area contributed by atoms with Crippen LogP contribution in [0.5, 0.6) is 0 Å². The van der Waals surface area contributed by atoms with E-state index in [0.717, 1.165) is 12.2 Å². The second-order valence-electron chi connectivity index (χ2n) is 5.08. The van der Waals surface area contributed by atoms with Crippen LogP contribution < -0.4 is 10.9 Å². The molecule has 2 aromatic rings. The molecule has 5 nitrogen and oxygen atoms in total. The van der Waals surface area contributed by atoms with E-state index in [1.807, 2.05) is 19.0 Å². The van der Waals surface area contributed by atoms with Crippen LogP contribution in [0.1, 0.15) is 10.4 Å². The third-order valence-electron chi connectivity index (χ3n) is 3.15. The van der Waals surface area contributed by atoms with E-state index in [1.54, 1.807) is 17.5 Å². The first-order valence-electron chi connectivity index (χ1n) is 6.66. The molecule has 0 amide bonds. The van der Waals surface area contributed by atoms with E-state index in [4.69, 9.17) is 0 Å². The van der Waals surface area contributed by atoms with Crippen LogP contribution in [-0.4, -0.2) is 35.3 Å². The van der Waals surface area contributed by atoms with Crippen LogP contribution >= 0.6 is 27.3 Å². The molecule has 0 atom stereocenters. The lowest BCUT2D eigenvalue weighted by Gasteiger charge is -2.12. The summed E-state index contributed by atoms with van der Waals surface area (Å²) in [5.41, 5.74) is 1.88. The fourth-order valence-corrected chi connectivity index (χ4v) is 3.10. The van der Waals surface area contributed by atoms with Gasteiger partial charge < -0.3 is 10.2 Å². The zero-order valence-electron chi connectivity index (χ0n) is 12.4. The van der Waals surface area contributed by atoms with E-state index in [2.05, 4.69) is 44.7 Å². The lowest BCUT2D eigenvalue weighted by Crippen LogP contribution is -2.29. The van der Waals surface area contributed by atoms with Crippen LogP contribution in [0.3, 0.4) is 0 Å². The van der Waals surface area contributed by atoms with Gasteiger partial charge in [0.1, 0.15) is 4.47 Å². The second-order valence-corrected chi connectivity index (χ2v) is 6.88. The zero-order chi connectivity index (χ0) is 15.4. The Morgan fingerprint density at radius 3 is 2.86 bits per heavy atom. The lowest BCUT2D eigenvalue weighted by molar-refractivity contribution is 0.367. The molecular formula is C14H19BrN4OS. The first-order chi connectivity index (χ1) is 9.99. The van der Waals surface area contributed by atoms with Crippen molar-refractivity contribution in [3.8, 4) is 0 Å². The summed E-state index contributed by atoms with van der Waals surface area (Å²) in [6.45, 7) is 4.14. The number of hydrogen-bond acceptors (Lipinski definition) is 5. The predicted molar refractivity (Wildman–Crippen MR) is 91.1 cm³/mol. The standard InChI is InChI=1S/C14H19BrN4OS/c1-10-4-7-21-12(10)9-16-11-8-17-19(6-5-18(2)3)14(20)13(11)15/h4,7-8,16H,5-6,9H2,1-3H3. The number of likely N-dealkylation sites (N-methyl/N-ethyl adjacent to an activating group) is 1. The molecule has 2 heterocycles. The fraction of sp³-hybridized carbons (Fsp3) is 0.429. The summed E-state index contributed by atoms with van der Waals surface area (Å²) in [4.78, 5) is 15.5. The van der Waals surface area contributed by atoms with Crippen molar-refractivity contribution >= 4 is 33.0 Å². The van der Waals surface area contributed by atoms with Crippen molar-refractivity contribution in [3.05, 3.63) is 42.9 Å². The number of hydrogen-bond donors (Lipinski definition) is 1. The number of rotatable bonds is 6. The average Bonchev–Trinajstić information content (AvgIpc) is 2.85. The van der Waals surface area contributed by atoms with E-state index in [0.29, 0.717) is 17.6 Å². The molecule has 0 unspecified atom stereocenters. The van der Waals surface area contributed by atoms with Crippen LogP contribution in [0, 0.1) is 6.92 Å². The summed E-state index contributed by atoms with van der Waals surface area (Å²) in [6, 6.07) is 2.09. The molecule has 0 aliphatic rings. The van der Waals surface area contributed by atoms with Gasteiger partial charge in [0.25, 0.3) is 5.56 Å². The van der Waals surface area contributed by atoms with Gasteiger partial charge in [0, 0.05) is 18.0 Å². The highest BCUT2D eigenvalue weighted by Crippen LogP contribution is 2.20. The highest BCUT2D eigenvalue weighted by molar-refractivity contribution is 9.10. The predicted octanol–water partition coefficient (Wildman–Crippen LogP) is 2.55. The Morgan fingerprint density at radius 2 is 2.24 bits per heavy atom. The number of nitrogens with one attached hydrogen (secondary N) is 1. The molecule has 0 bridgehead atoms. The smallest absolute Gasteiger partial charge is 0.283 e. The maximum absolute atomic E-state index is 12.2. The van der Waals surface area contributed by atoms with Crippen molar-refractivity contribution in [1.82, 2.24) is 14.7 Å². The summed E-state index contributed by atoms with van der Waals surface area (Å²) in [5, 5.41) is 9.56. The topological polar surface area (TPSA) is 50.2 Å². The molecule has 114 valence electrons. The van der Waals surface area contributed by atoms with Gasteiger partial charge >= 0.3 is 0 Å². The van der Waals surface area contributed by atoms with Crippen molar-refractivity contribution in [2.24, 2.45) is 0 Å². The molecule has 0 aliphatic heterocycles. The molecule has 0 aromatic carbocycles. The van der Waals surface area contributed by atoms with Gasteiger partial charge in [-0.3, -0.25) is 4.79 Å². The molecule has 0 spiro atoms. The number of nitrogens with zero attached hydrogens (tertiary/aromatic N) is 3. The highest BCUT2D eigenvalue weighted by atomic mass is 79.9. The minimum atomic E-state index is -0.107. The van der Waals surface area contributed by atoms with Gasteiger partial charge in [-0.1, -0.05) is 0 Å². The van der Waals surface area contributed by atoms with Crippen LogP contribution in [0.4, 0.5) is 5.69 Å². The first kappa shape index (κ1) is 16.2. The van der Waals surface area contributed by atoms with Crippen LogP contribution in [0.25, 0.3) is 0 Å². The van der Waals surface area contributed by atoms with Crippen LogP contribution in [0.15, 0.2) is 26.9 Å². The fourth-order valence-electron chi connectivity index (χ4n) is 1.80. The van der Waals surface area contributed by atoms with Gasteiger partial charge in [-0.05, 0) is 54.0 Å². The van der Waals surface area contributed by atoms with Crippen molar-refractivity contribution in [3.63, 3.8) is 0 Å².